The molecule has 0 aliphatic heterocycles. The average molecular weight is 330 g/mol. The summed E-state index contributed by atoms with van der Waals surface area (Å²) in [5, 5.41) is 13.1. The second-order valence-electron chi connectivity index (χ2n) is 4.39. The van der Waals surface area contributed by atoms with Crippen molar-refractivity contribution in [2.75, 3.05) is 0 Å². The van der Waals surface area contributed by atoms with Crippen LogP contribution in [0.2, 0.25) is 0 Å². The normalized spacial score (nSPS) is 11.8. The standard InChI is InChI=1S/C11H14N4O4S2/c1-6-8(7(2)15(3)14-6)4-13-21(18,19)11-9(10(16)17)12-5-20-11/h5,13H,4H2,1-3H3,(H,16,17). The summed E-state index contributed by atoms with van der Waals surface area (Å²) in [6.45, 7) is 3.66. The van der Waals surface area contributed by atoms with Crippen LogP contribution in [0.3, 0.4) is 0 Å². The van der Waals surface area contributed by atoms with Gasteiger partial charge in [-0.05, 0) is 13.8 Å². The Balaban J connectivity index is 2.26. The van der Waals surface area contributed by atoms with Crippen molar-refractivity contribution in [3.8, 4) is 0 Å². The summed E-state index contributed by atoms with van der Waals surface area (Å²) in [6, 6.07) is 0. The van der Waals surface area contributed by atoms with Crippen LogP contribution in [0.4, 0.5) is 0 Å². The van der Waals surface area contributed by atoms with Gasteiger partial charge in [0, 0.05) is 24.8 Å². The van der Waals surface area contributed by atoms with Gasteiger partial charge in [0.1, 0.15) is 0 Å². The zero-order valence-electron chi connectivity index (χ0n) is 11.6. The predicted octanol–water partition coefficient (Wildman–Crippen LogP) is 0.670. The van der Waals surface area contributed by atoms with Crippen molar-refractivity contribution >= 4 is 27.3 Å². The van der Waals surface area contributed by atoms with Gasteiger partial charge in [-0.15, -0.1) is 11.3 Å². The van der Waals surface area contributed by atoms with Crippen molar-refractivity contribution in [3.05, 3.63) is 28.2 Å². The molecular formula is C11H14N4O4S2. The number of hydrogen-bond acceptors (Lipinski definition) is 6. The number of hydrogen-bond donors (Lipinski definition) is 2. The molecule has 0 amide bonds. The fraction of sp³-hybridized carbons (Fsp3) is 0.364. The molecule has 0 unspecified atom stereocenters. The molecule has 0 fully saturated rings. The van der Waals surface area contributed by atoms with Crippen LogP contribution in [0.1, 0.15) is 27.4 Å². The average Bonchev–Trinajstić information content (AvgIpc) is 2.95. The van der Waals surface area contributed by atoms with Crippen LogP contribution < -0.4 is 4.72 Å². The maximum Gasteiger partial charge on any atom is 0.356 e. The molecule has 0 saturated heterocycles. The lowest BCUT2D eigenvalue weighted by molar-refractivity contribution is 0.0687. The molecule has 21 heavy (non-hydrogen) atoms. The molecule has 0 aliphatic rings. The van der Waals surface area contributed by atoms with E-state index in [9.17, 15) is 13.2 Å². The summed E-state index contributed by atoms with van der Waals surface area (Å²) in [6.07, 6.45) is 0. The third-order valence-electron chi connectivity index (χ3n) is 3.08. The van der Waals surface area contributed by atoms with E-state index in [2.05, 4.69) is 14.8 Å². The molecule has 10 heteroatoms. The first kappa shape index (κ1) is 15.6. The Hall–Kier alpha value is -1.78. The van der Waals surface area contributed by atoms with E-state index < -0.39 is 21.7 Å². The summed E-state index contributed by atoms with van der Waals surface area (Å²) in [5.41, 5.74) is 3.06. The predicted molar refractivity (Wildman–Crippen MR) is 75.8 cm³/mol. The van der Waals surface area contributed by atoms with Crippen molar-refractivity contribution < 1.29 is 18.3 Å². The van der Waals surface area contributed by atoms with Crippen molar-refractivity contribution in [2.24, 2.45) is 7.05 Å². The lowest BCUT2D eigenvalue weighted by Crippen LogP contribution is -2.24. The largest absolute Gasteiger partial charge is 0.476 e. The number of aromatic carboxylic acids is 1. The molecule has 2 aromatic heterocycles. The van der Waals surface area contributed by atoms with Crippen LogP contribution in [0, 0.1) is 13.8 Å². The second-order valence-corrected chi connectivity index (χ2v) is 7.21. The van der Waals surface area contributed by atoms with Crippen LogP contribution in [0.5, 0.6) is 0 Å². The van der Waals surface area contributed by atoms with E-state index in [-0.39, 0.29) is 10.8 Å². The van der Waals surface area contributed by atoms with Crippen LogP contribution in [-0.2, 0) is 23.6 Å². The summed E-state index contributed by atoms with van der Waals surface area (Å²) in [7, 11) is -2.16. The van der Waals surface area contributed by atoms with Gasteiger partial charge in [0.25, 0.3) is 10.0 Å². The van der Waals surface area contributed by atoms with Crippen LogP contribution in [0.25, 0.3) is 0 Å². The minimum Gasteiger partial charge on any atom is -0.476 e. The highest BCUT2D eigenvalue weighted by atomic mass is 32.2. The van der Waals surface area contributed by atoms with Gasteiger partial charge in [0.15, 0.2) is 9.90 Å². The van der Waals surface area contributed by atoms with Gasteiger partial charge >= 0.3 is 5.97 Å². The van der Waals surface area contributed by atoms with Gasteiger partial charge in [-0.1, -0.05) is 0 Å². The number of carboxylic acid groups (broad SMARTS) is 1. The number of carbonyl (C=O) groups is 1. The first-order valence-electron chi connectivity index (χ1n) is 5.89. The van der Waals surface area contributed by atoms with Crippen LogP contribution >= 0.6 is 11.3 Å². The third-order valence-corrected chi connectivity index (χ3v) is 5.85. The molecule has 0 atom stereocenters. The maximum absolute atomic E-state index is 12.2. The summed E-state index contributed by atoms with van der Waals surface area (Å²) < 4.78 is 28.1. The molecule has 0 saturated carbocycles. The third kappa shape index (κ3) is 2.96. The number of nitrogens with one attached hydrogen (secondary N) is 1. The van der Waals surface area contributed by atoms with E-state index in [0.29, 0.717) is 0 Å². The molecular weight excluding hydrogens is 316 g/mol. The molecule has 2 rings (SSSR count). The van der Waals surface area contributed by atoms with Gasteiger partial charge in [-0.2, -0.15) is 5.10 Å². The summed E-state index contributed by atoms with van der Waals surface area (Å²) in [4.78, 5) is 14.5. The van der Waals surface area contributed by atoms with E-state index in [1.54, 1.807) is 18.7 Å². The molecule has 0 aliphatic carbocycles. The highest BCUT2D eigenvalue weighted by molar-refractivity contribution is 7.91. The number of thiazole rings is 1. The Morgan fingerprint density at radius 3 is 2.67 bits per heavy atom. The molecule has 0 aromatic carbocycles. The number of aromatic nitrogens is 3. The molecule has 114 valence electrons. The molecule has 2 N–H and O–H groups in total. The van der Waals surface area contributed by atoms with Crippen molar-refractivity contribution in [1.29, 1.82) is 0 Å². The number of rotatable bonds is 5. The fourth-order valence-corrected chi connectivity index (χ4v) is 4.05. The fourth-order valence-electron chi connectivity index (χ4n) is 1.87. The first-order valence-corrected chi connectivity index (χ1v) is 8.26. The zero-order valence-corrected chi connectivity index (χ0v) is 13.2. The molecule has 2 heterocycles. The van der Waals surface area contributed by atoms with Gasteiger partial charge in [0.2, 0.25) is 0 Å². The van der Waals surface area contributed by atoms with Gasteiger partial charge in [-0.3, -0.25) is 4.68 Å². The topological polar surface area (TPSA) is 114 Å². The summed E-state index contributed by atoms with van der Waals surface area (Å²) >= 11 is 0.770. The quantitative estimate of drug-likeness (QED) is 0.833. The molecule has 0 bridgehead atoms. The lowest BCUT2D eigenvalue weighted by atomic mass is 10.2. The van der Waals surface area contributed by atoms with Gasteiger partial charge < -0.3 is 5.11 Å². The monoisotopic (exact) mass is 330 g/mol. The highest BCUT2D eigenvalue weighted by Gasteiger charge is 2.26. The Kier molecular flexibility index (Phi) is 4.12. The van der Waals surface area contributed by atoms with Crippen molar-refractivity contribution in [2.45, 2.75) is 24.6 Å². The first-order chi connectivity index (χ1) is 9.74. The second kappa shape index (κ2) is 5.54. The number of sulfonamides is 1. The van der Waals surface area contributed by atoms with Gasteiger partial charge in [-0.25, -0.2) is 22.9 Å². The van der Waals surface area contributed by atoms with Crippen LogP contribution in [-0.4, -0.2) is 34.3 Å². The number of carboxylic acids is 1. The Morgan fingerprint density at radius 1 is 1.48 bits per heavy atom. The highest BCUT2D eigenvalue weighted by Crippen LogP contribution is 2.21. The summed E-state index contributed by atoms with van der Waals surface area (Å²) in [5.74, 6) is -1.37. The Bertz CT molecular complexity index is 791. The zero-order chi connectivity index (χ0) is 15.8. The number of nitrogens with zero attached hydrogens (tertiary/aromatic N) is 3. The van der Waals surface area contributed by atoms with E-state index in [1.165, 1.54) is 5.51 Å². The van der Waals surface area contributed by atoms with E-state index >= 15 is 0 Å². The van der Waals surface area contributed by atoms with E-state index in [0.717, 1.165) is 28.3 Å². The molecule has 8 nitrogen and oxygen atoms in total. The van der Waals surface area contributed by atoms with Crippen LogP contribution in [0.15, 0.2) is 9.72 Å². The van der Waals surface area contributed by atoms with Gasteiger partial charge in [0.05, 0.1) is 11.2 Å². The lowest BCUT2D eigenvalue weighted by Gasteiger charge is -2.06. The molecule has 0 spiro atoms. The number of aryl methyl sites for hydroxylation is 2. The Morgan fingerprint density at radius 2 is 2.14 bits per heavy atom. The van der Waals surface area contributed by atoms with Crippen molar-refractivity contribution in [1.82, 2.24) is 19.5 Å². The van der Waals surface area contributed by atoms with Crippen molar-refractivity contribution in [3.63, 3.8) is 0 Å². The minimum absolute atomic E-state index is 0.0464. The molecule has 2 aromatic rings. The van der Waals surface area contributed by atoms with E-state index in [4.69, 9.17) is 5.11 Å². The molecule has 0 radical (unpaired) electrons. The van der Waals surface area contributed by atoms with E-state index in [1.807, 2.05) is 6.92 Å². The maximum atomic E-state index is 12.2. The smallest absolute Gasteiger partial charge is 0.356 e. The minimum atomic E-state index is -3.93. The SMILES string of the molecule is Cc1nn(C)c(C)c1CNS(=O)(=O)c1scnc1C(=O)O. The Labute approximate surface area is 125 Å².